The molecule has 0 fully saturated rings. The number of hydrogen-bond donors (Lipinski definition) is 4. The van der Waals surface area contributed by atoms with Gasteiger partial charge in [0.15, 0.2) is 11.5 Å². The number of nitrogens with zero attached hydrogens (tertiary/aromatic N) is 2. The first-order valence-corrected chi connectivity index (χ1v) is 16.4. The molecule has 0 unspecified atom stereocenters. The monoisotopic (exact) mass is 648 g/mol. The van der Waals surface area contributed by atoms with E-state index in [-0.39, 0.29) is 30.6 Å². The van der Waals surface area contributed by atoms with E-state index in [1.54, 1.807) is 24.7 Å². The SMILES string of the molecule is COc1cc([C@H]2Oc3cc(OCCO)c4c(c3C[C@H]2O)[C@@H](CCn2ccnc2)Cc2cc(O)ccc2-4)cc(CCc2ccccc2)c1O. The van der Waals surface area contributed by atoms with E-state index in [0.29, 0.717) is 47.6 Å². The zero-order valence-electron chi connectivity index (χ0n) is 26.9. The zero-order chi connectivity index (χ0) is 33.2. The Labute approximate surface area is 279 Å². The second-order valence-corrected chi connectivity index (χ2v) is 12.6. The van der Waals surface area contributed by atoms with Gasteiger partial charge in [-0.15, -0.1) is 0 Å². The Morgan fingerprint density at radius 2 is 1.83 bits per heavy atom. The third-order valence-corrected chi connectivity index (χ3v) is 9.54. The van der Waals surface area contributed by atoms with Gasteiger partial charge in [-0.1, -0.05) is 36.4 Å². The fourth-order valence-corrected chi connectivity index (χ4v) is 7.28. The predicted molar refractivity (Wildman–Crippen MR) is 181 cm³/mol. The molecule has 5 aromatic rings. The number of aliphatic hydroxyl groups is 2. The minimum absolute atomic E-state index is 0.0360. The van der Waals surface area contributed by atoms with E-state index in [0.717, 1.165) is 52.8 Å². The molecule has 9 heteroatoms. The molecule has 1 aliphatic heterocycles. The molecule has 4 aromatic carbocycles. The van der Waals surface area contributed by atoms with E-state index in [4.69, 9.17) is 14.2 Å². The third-order valence-electron chi connectivity index (χ3n) is 9.54. The maximum absolute atomic E-state index is 11.8. The summed E-state index contributed by atoms with van der Waals surface area (Å²) < 4.78 is 20.5. The van der Waals surface area contributed by atoms with Gasteiger partial charge in [-0.25, -0.2) is 4.98 Å². The van der Waals surface area contributed by atoms with Crippen LogP contribution in [0.1, 0.15) is 51.8 Å². The van der Waals surface area contributed by atoms with Crippen LogP contribution in [-0.2, 0) is 32.2 Å². The van der Waals surface area contributed by atoms with Gasteiger partial charge in [-0.05, 0) is 89.2 Å². The summed E-state index contributed by atoms with van der Waals surface area (Å²) in [6, 6.07) is 21.0. The van der Waals surface area contributed by atoms with Gasteiger partial charge in [0.2, 0.25) is 0 Å². The lowest BCUT2D eigenvalue weighted by Gasteiger charge is -2.38. The Hall–Kier alpha value is -4.99. The first-order valence-electron chi connectivity index (χ1n) is 16.4. The molecule has 0 saturated heterocycles. The quantitative estimate of drug-likeness (QED) is 0.140. The number of fused-ring (bicyclic) bond motifs is 5. The van der Waals surface area contributed by atoms with E-state index in [2.05, 4.69) is 17.1 Å². The molecule has 1 aliphatic carbocycles. The van der Waals surface area contributed by atoms with Gasteiger partial charge >= 0.3 is 0 Å². The smallest absolute Gasteiger partial charge is 0.161 e. The summed E-state index contributed by atoms with van der Waals surface area (Å²) in [6.45, 7) is 0.684. The summed E-state index contributed by atoms with van der Waals surface area (Å²) in [6.07, 6.45) is 7.06. The fraction of sp³-hybridized carbons (Fsp3) is 0.308. The molecule has 1 aromatic heterocycles. The summed E-state index contributed by atoms with van der Waals surface area (Å²) in [5.41, 5.74) is 7.44. The molecular weight excluding hydrogens is 608 g/mol. The summed E-state index contributed by atoms with van der Waals surface area (Å²) in [4.78, 5) is 4.20. The van der Waals surface area contributed by atoms with Crippen LogP contribution in [0.3, 0.4) is 0 Å². The number of aryl methyl sites for hydroxylation is 3. The van der Waals surface area contributed by atoms with Crippen LogP contribution in [0.4, 0.5) is 0 Å². The van der Waals surface area contributed by atoms with Gasteiger partial charge in [0.1, 0.15) is 30.0 Å². The van der Waals surface area contributed by atoms with Gasteiger partial charge < -0.3 is 39.2 Å². The molecule has 7 rings (SSSR count). The average Bonchev–Trinajstić information content (AvgIpc) is 3.63. The number of hydrogen-bond acceptors (Lipinski definition) is 8. The number of phenols is 2. The lowest BCUT2D eigenvalue weighted by Crippen LogP contribution is -2.32. The highest BCUT2D eigenvalue weighted by molar-refractivity contribution is 5.83. The van der Waals surface area contributed by atoms with Crippen molar-refractivity contribution in [1.82, 2.24) is 9.55 Å². The molecule has 9 nitrogen and oxygen atoms in total. The number of ether oxygens (including phenoxy) is 3. The van der Waals surface area contributed by atoms with Crippen molar-refractivity contribution in [2.45, 2.75) is 56.8 Å². The summed E-state index contributed by atoms with van der Waals surface area (Å²) in [7, 11) is 1.52. The number of phenolic OH excluding ortho intramolecular Hbond substituents is 2. The lowest BCUT2D eigenvalue weighted by molar-refractivity contribution is 0.0199. The highest BCUT2D eigenvalue weighted by Gasteiger charge is 2.38. The van der Waals surface area contributed by atoms with Gasteiger partial charge in [-0.3, -0.25) is 0 Å². The van der Waals surface area contributed by atoms with Crippen LogP contribution in [0.5, 0.6) is 28.7 Å². The summed E-state index contributed by atoms with van der Waals surface area (Å²) in [5, 5.41) is 42.9. The molecular formula is C39H40N2O7. The Morgan fingerprint density at radius 1 is 0.979 bits per heavy atom. The predicted octanol–water partition coefficient (Wildman–Crippen LogP) is 5.89. The number of aromatic hydroxyl groups is 2. The highest BCUT2D eigenvalue weighted by atomic mass is 16.5. The number of benzene rings is 4. The standard InChI is InChI=1S/C39H40N2O7/c1-46-35-20-28(18-26(38(35)45)8-7-24-5-3-2-4-6-24)39-32(44)21-31-33(48-39)22-34(47-16-15-42)37-30-10-9-29(43)19-27(30)17-25(36(31)37)11-13-41-14-12-40-23-41/h2-6,9-10,12,14,18-20,22-23,25,32,39,42-45H,7-8,11,13,15-17,21H2,1H3/t25-,32+,39+/m0/s1. The van der Waals surface area contributed by atoms with E-state index in [9.17, 15) is 20.4 Å². The molecule has 248 valence electrons. The molecule has 2 heterocycles. The van der Waals surface area contributed by atoms with Crippen molar-refractivity contribution in [3.63, 3.8) is 0 Å². The van der Waals surface area contributed by atoms with Gasteiger partial charge in [-0.2, -0.15) is 0 Å². The number of aliphatic hydroxyl groups excluding tert-OH is 2. The number of aromatic nitrogens is 2. The van der Waals surface area contributed by atoms with E-state index in [1.807, 2.05) is 53.2 Å². The van der Waals surface area contributed by atoms with Crippen LogP contribution in [0.2, 0.25) is 0 Å². The van der Waals surface area contributed by atoms with E-state index < -0.39 is 12.2 Å². The largest absolute Gasteiger partial charge is 0.508 e. The van der Waals surface area contributed by atoms with Crippen LogP contribution in [-0.4, -0.2) is 56.4 Å². The first-order chi connectivity index (χ1) is 23.4. The molecule has 0 amide bonds. The Kier molecular flexibility index (Phi) is 8.97. The number of rotatable bonds is 11. The fourth-order valence-electron chi connectivity index (χ4n) is 7.28. The second-order valence-electron chi connectivity index (χ2n) is 12.6. The van der Waals surface area contributed by atoms with Gasteiger partial charge in [0.25, 0.3) is 0 Å². The highest BCUT2D eigenvalue weighted by Crippen LogP contribution is 2.53. The van der Waals surface area contributed by atoms with Crippen LogP contribution in [0.25, 0.3) is 11.1 Å². The second kappa shape index (κ2) is 13.6. The van der Waals surface area contributed by atoms with Crippen molar-refractivity contribution in [1.29, 1.82) is 0 Å². The Balaban J connectivity index is 1.29. The van der Waals surface area contributed by atoms with Crippen molar-refractivity contribution < 1.29 is 34.6 Å². The van der Waals surface area contributed by atoms with Crippen molar-refractivity contribution in [2.24, 2.45) is 0 Å². The van der Waals surface area contributed by atoms with Crippen molar-refractivity contribution in [3.8, 4) is 39.9 Å². The molecule has 0 spiro atoms. The van der Waals surface area contributed by atoms with E-state index in [1.165, 1.54) is 7.11 Å². The topological polar surface area (TPSA) is 126 Å². The molecule has 0 bridgehead atoms. The minimum atomic E-state index is -0.877. The molecule has 0 radical (unpaired) electrons. The summed E-state index contributed by atoms with van der Waals surface area (Å²) in [5.74, 6) is 1.85. The first kappa shape index (κ1) is 31.6. The lowest BCUT2D eigenvalue weighted by atomic mass is 9.73. The number of methoxy groups -OCH3 is 1. The van der Waals surface area contributed by atoms with Crippen molar-refractivity contribution in [3.05, 3.63) is 119 Å². The third kappa shape index (κ3) is 6.19. The maximum atomic E-state index is 11.8. The molecule has 2 aliphatic rings. The van der Waals surface area contributed by atoms with Crippen LogP contribution < -0.4 is 14.2 Å². The van der Waals surface area contributed by atoms with Gasteiger partial charge in [0, 0.05) is 42.6 Å². The zero-order valence-corrected chi connectivity index (χ0v) is 26.9. The van der Waals surface area contributed by atoms with Gasteiger partial charge in [0.05, 0.1) is 26.1 Å². The molecule has 48 heavy (non-hydrogen) atoms. The maximum Gasteiger partial charge on any atom is 0.161 e. The molecule has 4 N–H and O–H groups in total. The van der Waals surface area contributed by atoms with Crippen LogP contribution in [0.15, 0.2) is 85.5 Å². The van der Waals surface area contributed by atoms with Crippen LogP contribution in [0, 0.1) is 0 Å². The average molecular weight is 649 g/mol. The minimum Gasteiger partial charge on any atom is -0.508 e. The molecule has 3 atom stereocenters. The van der Waals surface area contributed by atoms with Crippen molar-refractivity contribution >= 4 is 0 Å². The van der Waals surface area contributed by atoms with Crippen LogP contribution >= 0.6 is 0 Å². The van der Waals surface area contributed by atoms with Crippen molar-refractivity contribution in [2.75, 3.05) is 20.3 Å². The molecule has 0 saturated carbocycles. The number of imidazole rings is 1. The van der Waals surface area contributed by atoms with E-state index >= 15 is 0 Å². The Morgan fingerprint density at radius 3 is 2.60 bits per heavy atom. The summed E-state index contributed by atoms with van der Waals surface area (Å²) >= 11 is 0. The Bertz CT molecular complexity index is 1890. The normalized spacial score (nSPS) is 17.9.